The van der Waals surface area contributed by atoms with Gasteiger partial charge in [-0.2, -0.15) is 0 Å². The second-order valence-corrected chi connectivity index (χ2v) is 5.42. The number of halogens is 1. The van der Waals surface area contributed by atoms with E-state index in [9.17, 15) is 4.79 Å². The lowest BCUT2D eigenvalue weighted by Crippen LogP contribution is -2.26. The zero-order valence-electron chi connectivity index (χ0n) is 11.9. The van der Waals surface area contributed by atoms with Gasteiger partial charge in [-0.05, 0) is 36.2 Å². The fourth-order valence-electron chi connectivity index (χ4n) is 2.29. The SMILES string of the molecule is Cc1cc(Cl)ccc1N(CCC(=O)O)Cc1ccccc1. The summed E-state index contributed by atoms with van der Waals surface area (Å²) in [5.41, 5.74) is 3.21. The summed E-state index contributed by atoms with van der Waals surface area (Å²) in [7, 11) is 0. The zero-order chi connectivity index (χ0) is 15.2. The van der Waals surface area contributed by atoms with Gasteiger partial charge in [-0.25, -0.2) is 0 Å². The summed E-state index contributed by atoms with van der Waals surface area (Å²) < 4.78 is 0. The van der Waals surface area contributed by atoms with E-state index in [0.29, 0.717) is 18.1 Å². The van der Waals surface area contributed by atoms with E-state index < -0.39 is 5.97 Å². The first-order valence-corrected chi connectivity index (χ1v) is 7.21. The van der Waals surface area contributed by atoms with Crippen molar-refractivity contribution >= 4 is 23.3 Å². The lowest BCUT2D eigenvalue weighted by atomic mass is 10.1. The predicted octanol–water partition coefficient (Wildman–Crippen LogP) is 4.13. The highest BCUT2D eigenvalue weighted by molar-refractivity contribution is 6.30. The van der Waals surface area contributed by atoms with Gasteiger partial charge in [0.25, 0.3) is 0 Å². The fraction of sp³-hybridized carbons (Fsp3) is 0.235. The highest BCUT2D eigenvalue weighted by atomic mass is 35.5. The summed E-state index contributed by atoms with van der Waals surface area (Å²) in [5, 5.41) is 9.63. The number of aliphatic carboxylic acids is 1. The fourth-order valence-corrected chi connectivity index (χ4v) is 2.52. The number of hydrogen-bond donors (Lipinski definition) is 1. The molecule has 2 rings (SSSR count). The molecule has 0 bridgehead atoms. The first-order chi connectivity index (χ1) is 10.1. The molecule has 0 aliphatic rings. The minimum Gasteiger partial charge on any atom is -0.481 e. The number of carbonyl (C=O) groups is 1. The summed E-state index contributed by atoms with van der Waals surface area (Å²) in [6, 6.07) is 15.7. The summed E-state index contributed by atoms with van der Waals surface area (Å²) in [6.07, 6.45) is 0.106. The predicted molar refractivity (Wildman–Crippen MR) is 85.9 cm³/mol. The molecule has 0 aliphatic heterocycles. The first kappa shape index (κ1) is 15.4. The van der Waals surface area contributed by atoms with Gasteiger partial charge in [0.1, 0.15) is 0 Å². The van der Waals surface area contributed by atoms with Crippen LogP contribution in [0.25, 0.3) is 0 Å². The lowest BCUT2D eigenvalue weighted by Gasteiger charge is -2.26. The van der Waals surface area contributed by atoms with Crippen LogP contribution in [-0.4, -0.2) is 17.6 Å². The summed E-state index contributed by atoms with van der Waals surface area (Å²) in [4.78, 5) is 13.0. The Morgan fingerprint density at radius 2 is 1.90 bits per heavy atom. The van der Waals surface area contributed by atoms with Crippen molar-refractivity contribution < 1.29 is 9.90 Å². The van der Waals surface area contributed by atoms with Crippen LogP contribution in [0.3, 0.4) is 0 Å². The Bertz CT molecular complexity index is 613. The minimum absolute atomic E-state index is 0.106. The number of hydrogen-bond acceptors (Lipinski definition) is 2. The van der Waals surface area contributed by atoms with Gasteiger partial charge in [-0.3, -0.25) is 4.79 Å². The van der Waals surface area contributed by atoms with Crippen LogP contribution in [0.1, 0.15) is 17.5 Å². The number of nitrogens with zero attached hydrogens (tertiary/aromatic N) is 1. The number of aryl methyl sites for hydroxylation is 1. The smallest absolute Gasteiger partial charge is 0.305 e. The van der Waals surface area contributed by atoms with E-state index in [1.807, 2.05) is 55.5 Å². The van der Waals surface area contributed by atoms with E-state index in [4.69, 9.17) is 16.7 Å². The van der Waals surface area contributed by atoms with Gasteiger partial charge in [0.2, 0.25) is 0 Å². The first-order valence-electron chi connectivity index (χ1n) is 6.83. The van der Waals surface area contributed by atoms with Crippen LogP contribution in [0.4, 0.5) is 5.69 Å². The van der Waals surface area contributed by atoms with Crippen molar-refractivity contribution in [2.45, 2.75) is 19.9 Å². The maximum Gasteiger partial charge on any atom is 0.305 e. The highest BCUT2D eigenvalue weighted by Gasteiger charge is 2.12. The largest absolute Gasteiger partial charge is 0.481 e. The standard InChI is InChI=1S/C17H18ClNO2/c1-13-11-15(18)7-8-16(13)19(10-9-17(20)21)12-14-5-3-2-4-6-14/h2-8,11H,9-10,12H2,1H3,(H,20,21). The quantitative estimate of drug-likeness (QED) is 0.872. The van der Waals surface area contributed by atoms with Crippen molar-refractivity contribution in [1.29, 1.82) is 0 Å². The number of rotatable bonds is 6. The maximum atomic E-state index is 10.9. The van der Waals surface area contributed by atoms with Crippen LogP contribution in [0, 0.1) is 6.92 Å². The molecular formula is C17H18ClNO2. The molecule has 2 aromatic rings. The molecule has 2 aromatic carbocycles. The molecule has 0 radical (unpaired) electrons. The van der Waals surface area contributed by atoms with Crippen LogP contribution < -0.4 is 4.90 Å². The monoisotopic (exact) mass is 303 g/mol. The van der Waals surface area contributed by atoms with Gasteiger partial charge in [0.05, 0.1) is 6.42 Å². The van der Waals surface area contributed by atoms with Crippen molar-refractivity contribution in [3.05, 3.63) is 64.7 Å². The van der Waals surface area contributed by atoms with Crippen molar-refractivity contribution in [2.24, 2.45) is 0 Å². The van der Waals surface area contributed by atoms with E-state index in [1.54, 1.807) is 0 Å². The average Bonchev–Trinajstić information content (AvgIpc) is 2.45. The minimum atomic E-state index is -0.792. The molecule has 1 N–H and O–H groups in total. The molecule has 4 heteroatoms. The molecular weight excluding hydrogens is 286 g/mol. The van der Waals surface area contributed by atoms with Crippen molar-refractivity contribution in [3.8, 4) is 0 Å². The van der Waals surface area contributed by atoms with Gasteiger partial charge in [0, 0.05) is 23.8 Å². The number of anilines is 1. The van der Waals surface area contributed by atoms with Gasteiger partial charge < -0.3 is 10.0 Å². The van der Waals surface area contributed by atoms with E-state index >= 15 is 0 Å². The molecule has 0 amide bonds. The molecule has 0 saturated carbocycles. The Hall–Kier alpha value is -2.00. The molecule has 21 heavy (non-hydrogen) atoms. The third kappa shape index (κ3) is 4.50. The van der Waals surface area contributed by atoms with E-state index in [2.05, 4.69) is 4.90 Å². The third-order valence-corrected chi connectivity index (χ3v) is 3.55. The second-order valence-electron chi connectivity index (χ2n) is 4.98. The van der Waals surface area contributed by atoms with Gasteiger partial charge >= 0.3 is 5.97 Å². The highest BCUT2D eigenvalue weighted by Crippen LogP contribution is 2.25. The Kier molecular flexibility index (Phi) is 5.23. The summed E-state index contributed by atoms with van der Waals surface area (Å²) in [6.45, 7) is 3.13. The second kappa shape index (κ2) is 7.14. The van der Waals surface area contributed by atoms with Crippen molar-refractivity contribution in [2.75, 3.05) is 11.4 Å². The normalized spacial score (nSPS) is 10.4. The zero-order valence-corrected chi connectivity index (χ0v) is 12.7. The van der Waals surface area contributed by atoms with Gasteiger partial charge in [0.15, 0.2) is 0 Å². The Balaban J connectivity index is 2.24. The van der Waals surface area contributed by atoms with Crippen LogP contribution in [0.2, 0.25) is 5.02 Å². The van der Waals surface area contributed by atoms with Gasteiger partial charge in [-0.1, -0.05) is 41.9 Å². The molecule has 0 aromatic heterocycles. The van der Waals surface area contributed by atoms with Crippen LogP contribution in [0.5, 0.6) is 0 Å². The van der Waals surface area contributed by atoms with Crippen LogP contribution >= 0.6 is 11.6 Å². The number of benzene rings is 2. The van der Waals surface area contributed by atoms with Crippen molar-refractivity contribution in [3.63, 3.8) is 0 Å². The molecule has 0 atom stereocenters. The molecule has 110 valence electrons. The summed E-state index contributed by atoms with van der Waals surface area (Å²) >= 11 is 6.00. The Labute approximate surface area is 129 Å². The Morgan fingerprint density at radius 3 is 2.52 bits per heavy atom. The van der Waals surface area contributed by atoms with Gasteiger partial charge in [-0.15, -0.1) is 0 Å². The third-order valence-electron chi connectivity index (χ3n) is 3.31. The van der Waals surface area contributed by atoms with Crippen LogP contribution in [-0.2, 0) is 11.3 Å². The molecule has 0 heterocycles. The summed E-state index contributed by atoms with van der Waals surface area (Å²) in [5.74, 6) is -0.792. The number of carboxylic acid groups (broad SMARTS) is 1. The topological polar surface area (TPSA) is 40.5 Å². The Morgan fingerprint density at radius 1 is 1.19 bits per heavy atom. The van der Waals surface area contributed by atoms with Crippen LogP contribution in [0.15, 0.2) is 48.5 Å². The molecule has 0 unspecified atom stereocenters. The molecule has 0 saturated heterocycles. The lowest BCUT2D eigenvalue weighted by molar-refractivity contribution is -0.136. The van der Waals surface area contributed by atoms with E-state index in [0.717, 1.165) is 16.8 Å². The van der Waals surface area contributed by atoms with E-state index in [-0.39, 0.29) is 6.42 Å². The average molecular weight is 304 g/mol. The van der Waals surface area contributed by atoms with Crippen molar-refractivity contribution in [1.82, 2.24) is 0 Å². The molecule has 0 spiro atoms. The maximum absolute atomic E-state index is 10.9. The number of carboxylic acids is 1. The molecule has 3 nitrogen and oxygen atoms in total. The molecule has 0 fully saturated rings. The van der Waals surface area contributed by atoms with E-state index in [1.165, 1.54) is 0 Å². The molecule has 0 aliphatic carbocycles.